The van der Waals surface area contributed by atoms with E-state index in [-0.39, 0.29) is 21.6 Å². The van der Waals surface area contributed by atoms with Gasteiger partial charge in [0.1, 0.15) is 10.4 Å². The fourth-order valence-corrected chi connectivity index (χ4v) is 6.36. The summed E-state index contributed by atoms with van der Waals surface area (Å²) in [4.78, 5) is 24.3. The first-order valence-corrected chi connectivity index (χ1v) is 12.2. The average molecular weight is 448 g/mol. The zero-order chi connectivity index (χ0) is 21.7. The van der Waals surface area contributed by atoms with Crippen molar-refractivity contribution in [3.8, 4) is 0 Å². The van der Waals surface area contributed by atoms with Crippen LogP contribution in [-0.4, -0.2) is 56.8 Å². The number of nitrogens with zero attached hydrogens (tertiary/aromatic N) is 5. The molecule has 8 nitrogen and oxygen atoms in total. The molecule has 0 radical (unpaired) electrons. The van der Waals surface area contributed by atoms with Crippen LogP contribution in [0.4, 0.5) is 0 Å². The molecule has 3 aromatic heterocycles. The van der Waals surface area contributed by atoms with E-state index >= 15 is 0 Å². The van der Waals surface area contributed by atoms with Crippen LogP contribution >= 0.6 is 11.3 Å². The molecule has 3 aromatic rings. The summed E-state index contributed by atoms with van der Waals surface area (Å²) in [6.45, 7) is 6.03. The van der Waals surface area contributed by atoms with E-state index in [4.69, 9.17) is 0 Å². The van der Waals surface area contributed by atoms with Gasteiger partial charge >= 0.3 is 0 Å². The van der Waals surface area contributed by atoms with E-state index < -0.39 is 14.6 Å². The molecule has 0 aromatic carbocycles. The standard InChI is InChI=1S/C20H25N5O3S2/c1-20(2,3)30(27,28)14-7-11-29-17(14)19(26)25-10-5-6-13(12-25)15-16-18(24(4)23-15)22-9-8-21-16/h7-9,11,13H,5-6,10,12H2,1-4H3. The Morgan fingerprint density at radius 2 is 1.97 bits per heavy atom. The zero-order valence-electron chi connectivity index (χ0n) is 17.5. The molecular formula is C20H25N5O3S2. The minimum absolute atomic E-state index is 0.0331. The van der Waals surface area contributed by atoms with Crippen molar-refractivity contribution in [3.05, 3.63) is 34.4 Å². The normalized spacial score (nSPS) is 18.1. The zero-order valence-corrected chi connectivity index (χ0v) is 19.1. The molecule has 1 aliphatic heterocycles. The Morgan fingerprint density at radius 3 is 2.70 bits per heavy atom. The van der Waals surface area contributed by atoms with E-state index in [9.17, 15) is 13.2 Å². The van der Waals surface area contributed by atoms with Crippen molar-refractivity contribution in [3.63, 3.8) is 0 Å². The highest BCUT2D eigenvalue weighted by molar-refractivity contribution is 7.93. The maximum atomic E-state index is 13.3. The number of fused-ring (bicyclic) bond motifs is 1. The van der Waals surface area contributed by atoms with E-state index in [0.29, 0.717) is 18.7 Å². The highest BCUT2D eigenvalue weighted by Crippen LogP contribution is 2.34. The third kappa shape index (κ3) is 3.41. The van der Waals surface area contributed by atoms with Crippen LogP contribution in [0.1, 0.15) is 54.9 Å². The maximum absolute atomic E-state index is 13.3. The molecule has 4 heterocycles. The number of rotatable bonds is 3. The fourth-order valence-electron chi connectivity index (χ4n) is 3.80. The molecule has 160 valence electrons. The third-order valence-electron chi connectivity index (χ3n) is 5.50. The Hall–Kier alpha value is -2.33. The van der Waals surface area contributed by atoms with Gasteiger partial charge in [-0.2, -0.15) is 5.10 Å². The number of piperidine rings is 1. The number of carbonyl (C=O) groups is 1. The van der Waals surface area contributed by atoms with E-state index in [1.54, 1.807) is 54.2 Å². The fraction of sp³-hybridized carbons (Fsp3) is 0.500. The van der Waals surface area contributed by atoms with Gasteiger partial charge < -0.3 is 4.90 Å². The van der Waals surface area contributed by atoms with Crippen molar-refractivity contribution in [2.24, 2.45) is 7.05 Å². The molecule has 1 aliphatic rings. The minimum Gasteiger partial charge on any atom is -0.337 e. The second kappa shape index (κ2) is 7.42. The summed E-state index contributed by atoms with van der Waals surface area (Å²) in [5.74, 6) is -0.199. The van der Waals surface area contributed by atoms with Crippen LogP contribution in [0.3, 0.4) is 0 Å². The summed E-state index contributed by atoms with van der Waals surface area (Å²) < 4.78 is 26.7. The summed E-state index contributed by atoms with van der Waals surface area (Å²) in [6, 6.07) is 1.54. The van der Waals surface area contributed by atoms with E-state index in [1.807, 2.05) is 7.05 Å². The van der Waals surface area contributed by atoms with Gasteiger partial charge in [0, 0.05) is 38.4 Å². The van der Waals surface area contributed by atoms with Crippen LogP contribution in [0.25, 0.3) is 11.2 Å². The van der Waals surface area contributed by atoms with Crippen LogP contribution in [0.15, 0.2) is 28.7 Å². The summed E-state index contributed by atoms with van der Waals surface area (Å²) in [5.41, 5.74) is 2.31. The summed E-state index contributed by atoms with van der Waals surface area (Å²) in [7, 11) is -1.77. The van der Waals surface area contributed by atoms with E-state index in [2.05, 4.69) is 15.1 Å². The van der Waals surface area contributed by atoms with E-state index in [0.717, 1.165) is 24.1 Å². The molecule has 0 N–H and O–H groups in total. The van der Waals surface area contributed by atoms with Crippen molar-refractivity contribution in [1.82, 2.24) is 24.6 Å². The number of thiophene rings is 1. The Balaban J connectivity index is 1.64. The molecule has 1 unspecified atom stereocenters. The van der Waals surface area contributed by atoms with Crippen molar-refractivity contribution in [2.45, 2.75) is 49.2 Å². The van der Waals surface area contributed by atoms with Crippen LogP contribution < -0.4 is 0 Å². The SMILES string of the molecule is Cn1nc(C2CCCN(C(=O)c3sccc3S(=O)(=O)C(C)(C)C)C2)c2nccnc21. The number of hydrogen-bond acceptors (Lipinski definition) is 7. The monoisotopic (exact) mass is 447 g/mol. The lowest BCUT2D eigenvalue weighted by Gasteiger charge is -2.32. The van der Waals surface area contributed by atoms with Gasteiger partial charge in [0.2, 0.25) is 0 Å². The Labute approximate surface area is 179 Å². The van der Waals surface area contributed by atoms with Crippen molar-refractivity contribution in [2.75, 3.05) is 13.1 Å². The summed E-state index contributed by atoms with van der Waals surface area (Å²) in [5, 5.41) is 6.30. The first-order chi connectivity index (χ1) is 14.1. The highest BCUT2D eigenvalue weighted by Gasteiger charge is 2.37. The van der Waals surface area contributed by atoms with Crippen LogP contribution in [0.2, 0.25) is 0 Å². The third-order valence-corrected chi connectivity index (χ3v) is 9.06. The number of sulfone groups is 1. The number of likely N-dealkylation sites (tertiary alicyclic amines) is 1. The van der Waals surface area contributed by atoms with Gasteiger partial charge in [-0.05, 0) is 45.1 Å². The van der Waals surface area contributed by atoms with Gasteiger partial charge in [-0.1, -0.05) is 0 Å². The molecule has 30 heavy (non-hydrogen) atoms. The summed E-state index contributed by atoms with van der Waals surface area (Å²) in [6.07, 6.45) is 5.00. The van der Waals surface area contributed by atoms with Crippen LogP contribution in [0.5, 0.6) is 0 Å². The first-order valence-electron chi connectivity index (χ1n) is 9.86. The van der Waals surface area contributed by atoms with Crippen molar-refractivity contribution < 1.29 is 13.2 Å². The molecule has 1 atom stereocenters. The minimum atomic E-state index is -3.61. The predicted molar refractivity (Wildman–Crippen MR) is 115 cm³/mol. The van der Waals surface area contributed by atoms with Crippen molar-refractivity contribution in [1.29, 1.82) is 0 Å². The second-order valence-corrected chi connectivity index (χ2v) is 12.1. The Kier molecular flexibility index (Phi) is 5.17. The Bertz CT molecular complexity index is 1210. The number of aromatic nitrogens is 4. The quantitative estimate of drug-likeness (QED) is 0.612. The van der Waals surface area contributed by atoms with Gasteiger partial charge in [-0.3, -0.25) is 4.79 Å². The molecule has 0 aliphatic carbocycles. The highest BCUT2D eigenvalue weighted by atomic mass is 32.2. The lowest BCUT2D eigenvalue weighted by atomic mass is 9.94. The largest absolute Gasteiger partial charge is 0.337 e. The Morgan fingerprint density at radius 1 is 1.23 bits per heavy atom. The average Bonchev–Trinajstić information content (AvgIpc) is 3.33. The van der Waals surface area contributed by atoms with Crippen LogP contribution in [0, 0.1) is 0 Å². The lowest BCUT2D eigenvalue weighted by molar-refractivity contribution is 0.0707. The molecule has 10 heteroatoms. The first kappa shape index (κ1) is 20.9. The smallest absolute Gasteiger partial charge is 0.265 e. The molecule has 1 saturated heterocycles. The van der Waals surface area contributed by atoms with Crippen LogP contribution in [-0.2, 0) is 16.9 Å². The number of carbonyl (C=O) groups excluding carboxylic acids is 1. The van der Waals surface area contributed by atoms with Gasteiger partial charge in [0.25, 0.3) is 5.91 Å². The molecule has 1 amide bonds. The van der Waals surface area contributed by atoms with Gasteiger partial charge in [0.15, 0.2) is 15.5 Å². The topological polar surface area (TPSA) is 98.1 Å². The number of amides is 1. The second-order valence-electron chi connectivity index (χ2n) is 8.56. The number of aryl methyl sites for hydroxylation is 1. The summed E-state index contributed by atoms with van der Waals surface area (Å²) >= 11 is 1.19. The molecular weight excluding hydrogens is 422 g/mol. The predicted octanol–water partition coefficient (Wildman–Crippen LogP) is 3.02. The van der Waals surface area contributed by atoms with Gasteiger partial charge in [-0.25, -0.2) is 23.1 Å². The maximum Gasteiger partial charge on any atom is 0.265 e. The van der Waals surface area contributed by atoms with Gasteiger partial charge in [-0.15, -0.1) is 11.3 Å². The van der Waals surface area contributed by atoms with Gasteiger partial charge in [0.05, 0.1) is 15.3 Å². The molecule has 0 saturated carbocycles. The lowest BCUT2D eigenvalue weighted by Crippen LogP contribution is -2.40. The van der Waals surface area contributed by atoms with E-state index in [1.165, 1.54) is 11.3 Å². The molecule has 1 fully saturated rings. The van der Waals surface area contributed by atoms with Crippen molar-refractivity contribution >= 4 is 38.2 Å². The molecule has 4 rings (SSSR count). The molecule has 0 spiro atoms. The number of hydrogen-bond donors (Lipinski definition) is 0. The molecule has 0 bridgehead atoms.